The van der Waals surface area contributed by atoms with Crippen LogP contribution in [0.15, 0.2) is 18.2 Å². The van der Waals surface area contributed by atoms with E-state index in [1.54, 1.807) is 13.0 Å². The normalized spacial score (nSPS) is 12.0. The van der Waals surface area contributed by atoms with Gasteiger partial charge in [-0.05, 0) is 30.5 Å². The number of aliphatic carboxylic acids is 1. The van der Waals surface area contributed by atoms with Gasteiger partial charge < -0.3 is 10.0 Å². The third-order valence-corrected chi connectivity index (χ3v) is 2.93. The second-order valence-corrected chi connectivity index (χ2v) is 4.46. The number of aryl methyl sites for hydroxylation is 1. The standard InChI is InChI=1S/C14H18FNO3/c1-4-7-16(10(3)17)13(14(18)19)11-6-5-9(2)12(15)8-11/h5-6,8,13H,4,7H2,1-3H3,(H,18,19). The van der Waals surface area contributed by atoms with Crippen LogP contribution in [0.25, 0.3) is 0 Å². The highest BCUT2D eigenvalue weighted by atomic mass is 19.1. The molecule has 0 radical (unpaired) electrons. The lowest BCUT2D eigenvalue weighted by atomic mass is 10.0. The number of carbonyl (C=O) groups is 2. The van der Waals surface area contributed by atoms with E-state index in [2.05, 4.69) is 0 Å². The summed E-state index contributed by atoms with van der Waals surface area (Å²) >= 11 is 0. The Morgan fingerprint density at radius 3 is 2.47 bits per heavy atom. The van der Waals surface area contributed by atoms with Gasteiger partial charge in [0.2, 0.25) is 5.91 Å². The largest absolute Gasteiger partial charge is 0.479 e. The van der Waals surface area contributed by atoms with Crippen molar-refractivity contribution in [1.29, 1.82) is 0 Å². The lowest BCUT2D eigenvalue weighted by molar-refractivity contribution is -0.149. The summed E-state index contributed by atoms with van der Waals surface area (Å²) in [7, 11) is 0. The maximum absolute atomic E-state index is 13.6. The van der Waals surface area contributed by atoms with E-state index in [1.807, 2.05) is 6.92 Å². The number of rotatable bonds is 5. The summed E-state index contributed by atoms with van der Waals surface area (Å²) in [5.41, 5.74) is 0.719. The van der Waals surface area contributed by atoms with Crippen molar-refractivity contribution in [1.82, 2.24) is 4.90 Å². The molecule has 19 heavy (non-hydrogen) atoms. The summed E-state index contributed by atoms with van der Waals surface area (Å²) in [5.74, 6) is -1.97. The molecule has 1 N–H and O–H groups in total. The highest BCUT2D eigenvalue weighted by Gasteiger charge is 2.29. The molecule has 1 aromatic rings. The second-order valence-electron chi connectivity index (χ2n) is 4.46. The number of carbonyl (C=O) groups excluding carboxylic acids is 1. The number of carboxylic acid groups (broad SMARTS) is 1. The van der Waals surface area contributed by atoms with Crippen LogP contribution in [0.5, 0.6) is 0 Å². The van der Waals surface area contributed by atoms with Gasteiger partial charge in [-0.2, -0.15) is 0 Å². The first-order valence-corrected chi connectivity index (χ1v) is 6.14. The lowest BCUT2D eigenvalue weighted by Crippen LogP contribution is -2.38. The second kappa shape index (κ2) is 6.31. The van der Waals surface area contributed by atoms with Gasteiger partial charge in [-0.15, -0.1) is 0 Å². The van der Waals surface area contributed by atoms with Crippen LogP contribution in [0.1, 0.15) is 37.4 Å². The van der Waals surface area contributed by atoms with Gasteiger partial charge in [-0.3, -0.25) is 4.79 Å². The summed E-state index contributed by atoms with van der Waals surface area (Å²) in [6, 6.07) is 3.10. The highest BCUT2D eigenvalue weighted by molar-refractivity contribution is 5.83. The molecule has 0 saturated carbocycles. The first kappa shape index (κ1) is 15.1. The Hall–Kier alpha value is -1.91. The fourth-order valence-corrected chi connectivity index (χ4v) is 1.94. The van der Waals surface area contributed by atoms with E-state index >= 15 is 0 Å². The van der Waals surface area contributed by atoms with E-state index < -0.39 is 17.8 Å². The number of nitrogens with zero attached hydrogens (tertiary/aromatic N) is 1. The molecule has 0 aliphatic rings. The van der Waals surface area contributed by atoms with Crippen LogP contribution in [-0.4, -0.2) is 28.4 Å². The number of hydrogen-bond acceptors (Lipinski definition) is 2. The van der Waals surface area contributed by atoms with Crippen molar-refractivity contribution in [3.8, 4) is 0 Å². The molecule has 0 saturated heterocycles. The third kappa shape index (κ3) is 3.53. The Bertz CT molecular complexity index is 488. The van der Waals surface area contributed by atoms with Gasteiger partial charge >= 0.3 is 5.97 Å². The average Bonchev–Trinajstić information content (AvgIpc) is 2.32. The molecule has 5 heteroatoms. The Morgan fingerprint density at radius 2 is 2.05 bits per heavy atom. The van der Waals surface area contributed by atoms with Crippen molar-refractivity contribution in [3.63, 3.8) is 0 Å². The van der Waals surface area contributed by atoms with Crippen LogP contribution >= 0.6 is 0 Å². The molecule has 1 aromatic carbocycles. The quantitative estimate of drug-likeness (QED) is 0.891. The molecule has 1 unspecified atom stereocenters. The zero-order valence-corrected chi connectivity index (χ0v) is 11.3. The third-order valence-electron chi connectivity index (χ3n) is 2.93. The monoisotopic (exact) mass is 267 g/mol. The molecular formula is C14H18FNO3. The predicted molar refractivity (Wildman–Crippen MR) is 69.2 cm³/mol. The molecule has 0 aliphatic carbocycles. The zero-order chi connectivity index (χ0) is 14.6. The molecule has 104 valence electrons. The van der Waals surface area contributed by atoms with Crippen molar-refractivity contribution < 1.29 is 19.1 Å². The zero-order valence-electron chi connectivity index (χ0n) is 11.3. The van der Waals surface area contributed by atoms with Gasteiger partial charge in [-0.1, -0.05) is 19.1 Å². The Kier molecular flexibility index (Phi) is 5.03. The smallest absolute Gasteiger partial charge is 0.331 e. The molecule has 1 atom stereocenters. The Balaban J connectivity index is 3.21. The van der Waals surface area contributed by atoms with E-state index in [4.69, 9.17) is 0 Å². The van der Waals surface area contributed by atoms with Crippen molar-refractivity contribution >= 4 is 11.9 Å². The van der Waals surface area contributed by atoms with Gasteiger partial charge in [-0.25, -0.2) is 9.18 Å². The molecule has 0 aromatic heterocycles. The molecule has 4 nitrogen and oxygen atoms in total. The van der Waals surface area contributed by atoms with Gasteiger partial charge in [0.15, 0.2) is 6.04 Å². The number of amides is 1. The molecular weight excluding hydrogens is 249 g/mol. The number of benzene rings is 1. The van der Waals surface area contributed by atoms with E-state index in [0.717, 1.165) is 0 Å². The number of carboxylic acids is 1. The average molecular weight is 267 g/mol. The minimum atomic E-state index is -1.16. The van der Waals surface area contributed by atoms with Crippen molar-refractivity contribution in [3.05, 3.63) is 35.1 Å². The summed E-state index contributed by atoms with van der Waals surface area (Å²) in [6.07, 6.45) is 0.637. The van der Waals surface area contributed by atoms with Gasteiger partial charge in [0.25, 0.3) is 0 Å². The van der Waals surface area contributed by atoms with Crippen molar-refractivity contribution in [2.45, 2.75) is 33.2 Å². The summed E-state index contributed by atoms with van der Waals surface area (Å²) < 4.78 is 13.6. The predicted octanol–water partition coefficient (Wildman–Crippen LogP) is 2.52. The van der Waals surface area contributed by atoms with Crippen LogP contribution in [0.3, 0.4) is 0 Å². The summed E-state index contributed by atoms with van der Waals surface area (Å²) in [6.45, 7) is 5.09. The molecule has 0 fully saturated rings. The van der Waals surface area contributed by atoms with E-state index in [1.165, 1.54) is 24.0 Å². The van der Waals surface area contributed by atoms with E-state index in [-0.39, 0.29) is 11.5 Å². The van der Waals surface area contributed by atoms with Crippen LogP contribution < -0.4 is 0 Å². The lowest BCUT2D eigenvalue weighted by Gasteiger charge is -2.28. The maximum atomic E-state index is 13.6. The minimum absolute atomic E-state index is 0.277. The van der Waals surface area contributed by atoms with Crippen LogP contribution in [0.4, 0.5) is 4.39 Å². The minimum Gasteiger partial charge on any atom is -0.479 e. The van der Waals surface area contributed by atoms with Gasteiger partial charge in [0.05, 0.1) is 0 Å². The fourth-order valence-electron chi connectivity index (χ4n) is 1.94. The van der Waals surface area contributed by atoms with Gasteiger partial charge in [0, 0.05) is 13.5 Å². The Morgan fingerprint density at radius 1 is 1.42 bits per heavy atom. The van der Waals surface area contributed by atoms with Crippen LogP contribution in [0.2, 0.25) is 0 Å². The topological polar surface area (TPSA) is 57.6 Å². The SMILES string of the molecule is CCCN(C(C)=O)C(C(=O)O)c1ccc(C)c(F)c1. The van der Waals surface area contributed by atoms with E-state index in [9.17, 15) is 19.1 Å². The molecule has 0 heterocycles. The van der Waals surface area contributed by atoms with Crippen molar-refractivity contribution in [2.75, 3.05) is 6.54 Å². The number of hydrogen-bond donors (Lipinski definition) is 1. The molecule has 0 bridgehead atoms. The summed E-state index contributed by atoms with van der Waals surface area (Å²) in [5, 5.41) is 9.32. The first-order valence-electron chi connectivity index (χ1n) is 6.14. The number of halogens is 1. The molecule has 0 aliphatic heterocycles. The molecule has 0 spiro atoms. The highest BCUT2D eigenvalue weighted by Crippen LogP contribution is 2.23. The van der Waals surface area contributed by atoms with E-state index in [0.29, 0.717) is 18.5 Å². The first-order chi connectivity index (χ1) is 8.88. The van der Waals surface area contributed by atoms with Crippen LogP contribution in [0, 0.1) is 12.7 Å². The van der Waals surface area contributed by atoms with Gasteiger partial charge in [0.1, 0.15) is 5.82 Å². The Labute approximate surface area is 111 Å². The van der Waals surface area contributed by atoms with Crippen LogP contribution in [-0.2, 0) is 9.59 Å². The molecule has 1 amide bonds. The molecule has 1 rings (SSSR count). The maximum Gasteiger partial charge on any atom is 0.331 e. The summed E-state index contributed by atoms with van der Waals surface area (Å²) in [4.78, 5) is 24.2. The fraction of sp³-hybridized carbons (Fsp3) is 0.429. The van der Waals surface area contributed by atoms with Crippen molar-refractivity contribution in [2.24, 2.45) is 0 Å².